The summed E-state index contributed by atoms with van der Waals surface area (Å²) in [5.41, 5.74) is 0.521. The van der Waals surface area contributed by atoms with E-state index in [9.17, 15) is 18.0 Å². The van der Waals surface area contributed by atoms with Crippen molar-refractivity contribution < 1.29 is 27.2 Å². The third-order valence-electron chi connectivity index (χ3n) is 4.99. The van der Waals surface area contributed by atoms with Crippen LogP contribution >= 0.6 is 0 Å². The molecule has 1 N–H and O–H groups in total. The Morgan fingerprint density at radius 3 is 2.64 bits per heavy atom. The zero-order chi connectivity index (χ0) is 23.6. The zero-order valence-electron chi connectivity index (χ0n) is 17.7. The van der Waals surface area contributed by atoms with Gasteiger partial charge < -0.3 is 14.6 Å². The number of halogens is 3. The molecule has 2 aromatic carbocycles. The molecule has 0 atom stereocenters. The lowest BCUT2D eigenvalue weighted by molar-refractivity contribution is -0.136. The molecule has 2 aromatic heterocycles. The van der Waals surface area contributed by atoms with E-state index < -0.39 is 17.6 Å². The van der Waals surface area contributed by atoms with E-state index in [2.05, 4.69) is 15.6 Å². The van der Waals surface area contributed by atoms with Gasteiger partial charge in [-0.25, -0.2) is 4.68 Å². The molecule has 2 heterocycles. The molecule has 10 heteroatoms. The predicted molar refractivity (Wildman–Crippen MR) is 113 cm³/mol. The average molecular weight is 456 g/mol. The monoisotopic (exact) mass is 456 g/mol. The summed E-state index contributed by atoms with van der Waals surface area (Å²) in [7, 11) is 0. The summed E-state index contributed by atoms with van der Waals surface area (Å²) in [5.74, 6) is 0.308. The minimum atomic E-state index is -4.68. The van der Waals surface area contributed by atoms with E-state index in [4.69, 9.17) is 9.26 Å². The van der Waals surface area contributed by atoms with E-state index in [1.165, 1.54) is 41.3 Å². The van der Waals surface area contributed by atoms with Gasteiger partial charge in [0.1, 0.15) is 18.1 Å². The number of carbonyl (C=O) groups excluding carboxylic acids is 1. The first-order chi connectivity index (χ1) is 15.7. The molecule has 0 unspecified atom stereocenters. The van der Waals surface area contributed by atoms with Gasteiger partial charge in [0.05, 0.1) is 28.2 Å². The topological polar surface area (TPSA) is 82.2 Å². The summed E-state index contributed by atoms with van der Waals surface area (Å²) in [6, 6.07) is 11.4. The smallest absolute Gasteiger partial charge is 0.418 e. The number of nitrogens with zero attached hydrogens (tertiary/aromatic N) is 3. The molecule has 0 bridgehead atoms. The quantitative estimate of drug-likeness (QED) is 0.424. The molecule has 0 fully saturated rings. The maximum Gasteiger partial charge on any atom is 0.418 e. The summed E-state index contributed by atoms with van der Waals surface area (Å²) in [5, 5.41) is 10.1. The molecule has 0 aliphatic carbocycles. The molecule has 4 rings (SSSR count). The van der Waals surface area contributed by atoms with Gasteiger partial charge in [-0.2, -0.15) is 18.3 Å². The first-order valence-corrected chi connectivity index (χ1v) is 9.89. The molecule has 4 aromatic rings. The minimum Gasteiger partial charge on any atom is -0.489 e. The van der Waals surface area contributed by atoms with Gasteiger partial charge in [-0.3, -0.25) is 4.79 Å². The second-order valence-electron chi connectivity index (χ2n) is 7.25. The fraction of sp³-hybridized carbons (Fsp3) is 0.174. The van der Waals surface area contributed by atoms with Gasteiger partial charge in [0, 0.05) is 18.0 Å². The van der Waals surface area contributed by atoms with Crippen molar-refractivity contribution in [3.8, 4) is 11.4 Å². The van der Waals surface area contributed by atoms with Crippen LogP contribution in [0.25, 0.3) is 5.69 Å². The molecule has 0 spiro atoms. The molecule has 33 heavy (non-hydrogen) atoms. The third kappa shape index (κ3) is 4.89. The molecule has 0 radical (unpaired) electrons. The molecule has 0 aliphatic heterocycles. The van der Waals surface area contributed by atoms with Crippen molar-refractivity contribution in [2.45, 2.75) is 26.6 Å². The third-order valence-corrected chi connectivity index (χ3v) is 4.99. The van der Waals surface area contributed by atoms with Crippen molar-refractivity contribution in [3.05, 3.63) is 89.1 Å². The number of rotatable bonds is 6. The Morgan fingerprint density at radius 1 is 1.15 bits per heavy atom. The van der Waals surface area contributed by atoms with Gasteiger partial charge in [-0.15, -0.1) is 0 Å². The van der Waals surface area contributed by atoms with Crippen LogP contribution in [0.3, 0.4) is 0 Å². The maximum absolute atomic E-state index is 13.7. The first-order valence-electron chi connectivity index (χ1n) is 9.89. The molecule has 0 aliphatic rings. The molecule has 7 nitrogen and oxygen atoms in total. The lowest BCUT2D eigenvalue weighted by Crippen LogP contribution is -2.17. The largest absolute Gasteiger partial charge is 0.489 e. The number of aryl methyl sites for hydroxylation is 2. The number of anilines is 1. The fourth-order valence-electron chi connectivity index (χ4n) is 3.22. The Hall–Kier alpha value is -4.08. The van der Waals surface area contributed by atoms with Crippen molar-refractivity contribution in [2.75, 3.05) is 5.32 Å². The van der Waals surface area contributed by atoms with Crippen LogP contribution in [0.4, 0.5) is 18.9 Å². The zero-order valence-corrected chi connectivity index (χ0v) is 17.7. The summed E-state index contributed by atoms with van der Waals surface area (Å²) in [6.45, 7) is 3.73. The number of aromatic nitrogens is 3. The maximum atomic E-state index is 13.7. The van der Waals surface area contributed by atoms with Crippen molar-refractivity contribution >= 4 is 11.6 Å². The number of alkyl halides is 3. The number of amides is 1. The van der Waals surface area contributed by atoms with Gasteiger partial charge in [0.2, 0.25) is 0 Å². The predicted octanol–water partition coefficient (Wildman–Crippen LogP) is 5.33. The summed E-state index contributed by atoms with van der Waals surface area (Å²) in [6.07, 6.45) is -1.68. The number of ether oxygens (including phenoxy) is 1. The molecule has 0 saturated carbocycles. The average Bonchev–Trinajstić information content (AvgIpc) is 3.42. The van der Waals surface area contributed by atoms with E-state index >= 15 is 0 Å². The van der Waals surface area contributed by atoms with Crippen LogP contribution in [-0.4, -0.2) is 20.8 Å². The van der Waals surface area contributed by atoms with Crippen LogP contribution in [0, 0.1) is 13.8 Å². The number of hydrogen-bond donors (Lipinski definition) is 1. The van der Waals surface area contributed by atoms with Crippen molar-refractivity contribution in [3.63, 3.8) is 0 Å². The second kappa shape index (κ2) is 8.81. The molecule has 1 amide bonds. The summed E-state index contributed by atoms with van der Waals surface area (Å²) >= 11 is 0. The fourth-order valence-corrected chi connectivity index (χ4v) is 3.22. The second-order valence-corrected chi connectivity index (χ2v) is 7.25. The van der Waals surface area contributed by atoms with E-state index in [-0.39, 0.29) is 23.5 Å². The Bertz CT molecular complexity index is 1260. The van der Waals surface area contributed by atoms with Gasteiger partial charge in [-0.1, -0.05) is 11.2 Å². The van der Waals surface area contributed by atoms with E-state index in [1.807, 2.05) is 0 Å². The first kappa shape index (κ1) is 22.1. The van der Waals surface area contributed by atoms with Crippen molar-refractivity contribution in [2.24, 2.45) is 0 Å². The highest BCUT2D eigenvalue weighted by atomic mass is 19.4. The normalized spacial score (nSPS) is 11.4. The van der Waals surface area contributed by atoms with Crippen LogP contribution in [0.5, 0.6) is 5.75 Å². The highest BCUT2D eigenvalue weighted by Crippen LogP contribution is 2.36. The highest BCUT2D eigenvalue weighted by molar-refractivity contribution is 6.05. The van der Waals surface area contributed by atoms with Gasteiger partial charge >= 0.3 is 6.18 Å². The Kier molecular flexibility index (Phi) is 5.91. The summed E-state index contributed by atoms with van der Waals surface area (Å²) in [4.78, 5) is 12.7. The molecule has 170 valence electrons. The summed E-state index contributed by atoms with van der Waals surface area (Å²) < 4.78 is 53.1. The molecule has 0 saturated heterocycles. The highest BCUT2D eigenvalue weighted by Gasteiger charge is 2.34. The number of hydrogen-bond acceptors (Lipinski definition) is 5. The van der Waals surface area contributed by atoms with Gasteiger partial charge in [0.15, 0.2) is 0 Å². The number of nitrogens with one attached hydrogen (secondary N) is 1. The van der Waals surface area contributed by atoms with Crippen LogP contribution < -0.4 is 10.1 Å². The Balaban J connectivity index is 1.54. The lowest BCUT2D eigenvalue weighted by atomic mass is 10.1. The van der Waals surface area contributed by atoms with Gasteiger partial charge in [-0.05, 0) is 56.3 Å². The Labute approximate surface area is 186 Å². The van der Waals surface area contributed by atoms with Crippen molar-refractivity contribution in [1.29, 1.82) is 0 Å². The van der Waals surface area contributed by atoms with E-state index in [1.54, 1.807) is 32.0 Å². The van der Waals surface area contributed by atoms with E-state index in [0.29, 0.717) is 17.2 Å². The molecular weight excluding hydrogens is 437 g/mol. The van der Waals surface area contributed by atoms with Crippen LogP contribution in [0.15, 0.2) is 65.4 Å². The SMILES string of the molecule is Cc1noc(C)c1COc1cccc(C(=O)Nc2ccc(-n3cccn3)cc2C(F)(F)F)c1. The Morgan fingerprint density at radius 2 is 1.97 bits per heavy atom. The minimum absolute atomic E-state index is 0.149. The van der Waals surface area contributed by atoms with Crippen LogP contribution in [0.2, 0.25) is 0 Å². The van der Waals surface area contributed by atoms with Crippen molar-refractivity contribution in [1.82, 2.24) is 14.9 Å². The standard InChI is InChI=1S/C23H19F3N4O3/c1-14-19(15(2)33-29-14)13-32-18-6-3-5-16(11-18)22(31)28-21-8-7-17(30-10-4-9-27-30)12-20(21)23(24,25)26/h3-12H,13H2,1-2H3,(H,28,31). The number of benzene rings is 2. The van der Waals surface area contributed by atoms with Crippen LogP contribution in [0.1, 0.15) is 32.9 Å². The van der Waals surface area contributed by atoms with E-state index in [0.717, 1.165) is 11.6 Å². The lowest BCUT2D eigenvalue weighted by Gasteiger charge is -2.16. The molecular formula is C23H19F3N4O3. The van der Waals surface area contributed by atoms with Gasteiger partial charge in [0.25, 0.3) is 5.91 Å². The number of carbonyl (C=O) groups is 1. The van der Waals surface area contributed by atoms with Crippen LogP contribution in [-0.2, 0) is 12.8 Å².